The second-order valence-electron chi connectivity index (χ2n) is 7.00. The van der Waals surface area contributed by atoms with Crippen molar-refractivity contribution in [3.8, 4) is 0 Å². The summed E-state index contributed by atoms with van der Waals surface area (Å²) in [7, 11) is -2.46. The third-order valence-corrected chi connectivity index (χ3v) is 6.31. The van der Waals surface area contributed by atoms with E-state index in [-0.39, 0.29) is 17.0 Å². The minimum Gasteiger partial charge on any atom is -0.465 e. The van der Waals surface area contributed by atoms with E-state index >= 15 is 0 Å². The number of methoxy groups -OCH3 is 1. The number of hydrogen-bond acceptors (Lipinski definition) is 5. The normalized spacial score (nSPS) is 15.3. The van der Waals surface area contributed by atoms with E-state index in [9.17, 15) is 13.2 Å². The number of nitrogens with one attached hydrogen (secondary N) is 1. The number of benzene rings is 2. The van der Waals surface area contributed by atoms with Gasteiger partial charge in [-0.05, 0) is 55.3 Å². The van der Waals surface area contributed by atoms with Gasteiger partial charge < -0.3 is 4.74 Å². The molecule has 1 heterocycles. The van der Waals surface area contributed by atoms with Crippen LogP contribution in [0.1, 0.15) is 40.7 Å². The third kappa shape index (κ3) is 5.41. The van der Waals surface area contributed by atoms with E-state index in [1.54, 1.807) is 0 Å². The summed E-state index contributed by atoms with van der Waals surface area (Å²) in [5.41, 5.74) is 2.32. The molecular formula is C21H26N2O4S. The highest BCUT2D eigenvalue weighted by molar-refractivity contribution is 7.89. The molecule has 0 saturated carbocycles. The van der Waals surface area contributed by atoms with Crippen molar-refractivity contribution in [3.05, 3.63) is 65.2 Å². The molecule has 6 nitrogen and oxygen atoms in total. The van der Waals surface area contributed by atoms with Crippen molar-refractivity contribution < 1.29 is 17.9 Å². The molecule has 1 aliphatic heterocycles. The molecule has 1 aliphatic rings. The van der Waals surface area contributed by atoms with Crippen LogP contribution in [0.5, 0.6) is 0 Å². The lowest BCUT2D eigenvalue weighted by molar-refractivity contribution is 0.0600. The average molecular weight is 403 g/mol. The molecule has 0 aromatic heterocycles. The Bertz CT molecular complexity index is 904. The van der Waals surface area contributed by atoms with E-state index in [0.29, 0.717) is 0 Å². The molecule has 0 unspecified atom stereocenters. The van der Waals surface area contributed by atoms with E-state index in [2.05, 4.69) is 26.5 Å². The highest BCUT2D eigenvalue weighted by atomic mass is 32.2. The summed E-state index contributed by atoms with van der Waals surface area (Å²) in [6, 6.07) is 13.8. The van der Waals surface area contributed by atoms with Crippen LogP contribution < -0.4 is 4.72 Å². The van der Waals surface area contributed by atoms with Crippen molar-refractivity contribution in [1.82, 2.24) is 9.62 Å². The fourth-order valence-electron chi connectivity index (χ4n) is 3.31. The van der Waals surface area contributed by atoms with Gasteiger partial charge in [-0.2, -0.15) is 0 Å². The van der Waals surface area contributed by atoms with E-state index in [0.717, 1.165) is 25.2 Å². The maximum absolute atomic E-state index is 12.5. The summed E-state index contributed by atoms with van der Waals surface area (Å²) in [6.45, 7) is 3.42. The molecule has 0 atom stereocenters. The lowest BCUT2D eigenvalue weighted by Gasteiger charge is -2.26. The molecule has 150 valence electrons. The summed E-state index contributed by atoms with van der Waals surface area (Å²) in [6.07, 6.45) is 3.84. The van der Waals surface area contributed by atoms with Gasteiger partial charge in [-0.3, -0.25) is 4.90 Å². The SMILES string of the molecule is COC(=O)c1cccc(S(=O)(=O)NCc2ccc(CN3CCCCC3)cc2)c1. The summed E-state index contributed by atoms with van der Waals surface area (Å²) in [5, 5.41) is 0. The summed E-state index contributed by atoms with van der Waals surface area (Å²) >= 11 is 0. The van der Waals surface area contributed by atoms with Crippen LogP contribution in [0.2, 0.25) is 0 Å². The molecule has 0 amide bonds. The number of rotatable bonds is 7. The summed E-state index contributed by atoms with van der Waals surface area (Å²) in [4.78, 5) is 14.1. The van der Waals surface area contributed by atoms with Crippen LogP contribution >= 0.6 is 0 Å². The number of esters is 1. The monoisotopic (exact) mass is 402 g/mol. The first-order valence-corrected chi connectivity index (χ1v) is 10.9. The van der Waals surface area contributed by atoms with Gasteiger partial charge in [0.1, 0.15) is 0 Å². The molecule has 0 bridgehead atoms. The van der Waals surface area contributed by atoms with Crippen LogP contribution in [0, 0.1) is 0 Å². The third-order valence-electron chi connectivity index (χ3n) is 4.91. The Morgan fingerprint density at radius 1 is 1.04 bits per heavy atom. The van der Waals surface area contributed by atoms with E-state index in [1.807, 2.05) is 12.1 Å². The molecule has 2 aromatic carbocycles. The first-order valence-electron chi connectivity index (χ1n) is 9.46. The molecule has 0 aliphatic carbocycles. The summed E-state index contributed by atoms with van der Waals surface area (Å²) in [5.74, 6) is -0.568. The zero-order valence-electron chi connectivity index (χ0n) is 16.1. The fraction of sp³-hybridized carbons (Fsp3) is 0.381. The van der Waals surface area contributed by atoms with Crippen LogP contribution in [0.25, 0.3) is 0 Å². The number of piperidine rings is 1. The first-order chi connectivity index (χ1) is 13.5. The van der Waals surface area contributed by atoms with Crippen LogP contribution in [-0.4, -0.2) is 39.5 Å². The number of sulfonamides is 1. The van der Waals surface area contributed by atoms with E-state index < -0.39 is 16.0 Å². The standard InChI is InChI=1S/C21H26N2O4S/c1-27-21(24)19-6-5-7-20(14-19)28(25,26)22-15-17-8-10-18(11-9-17)16-23-12-3-2-4-13-23/h5-11,14,22H,2-4,12-13,15-16H2,1H3. The Kier molecular flexibility index (Phi) is 6.83. The molecule has 1 fully saturated rings. The van der Waals surface area contributed by atoms with Gasteiger partial charge in [-0.1, -0.05) is 36.8 Å². The lowest BCUT2D eigenvalue weighted by Crippen LogP contribution is -2.29. The Hall–Kier alpha value is -2.22. The Balaban J connectivity index is 1.60. The number of ether oxygens (including phenoxy) is 1. The van der Waals surface area contributed by atoms with Crippen molar-refractivity contribution in [3.63, 3.8) is 0 Å². The van der Waals surface area contributed by atoms with Crippen LogP contribution in [0.15, 0.2) is 53.4 Å². The van der Waals surface area contributed by atoms with Gasteiger partial charge in [-0.15, -0.1) is 0 Å². The quantitative estimate of drug-likeness (QED) is 0.721. The van der Waals surface area contributed by atoms with Crippen LogP contribution in [0.4, 0.5) is 0 Å². The number of carbonyl (C=O) groups excluding carboxylic acids is 1. The van der Waals surface area contributed by atoms with Gasteiger partial charge in [0.25, 0.3) is 0 Å². The Morgan fingerprint density at radius 2 is 1.71 bits per heavy atom. The number of carbonyl (C=O) groups is 1. The number of hydrogen-bond donors (Lipinski definition) is 1. The van der Waals surface area contributed by atoms with Crippen LogP contribution in [0.3, 0.4) is 0 Å². The first kappa shape index (κ1) is 20.5. The second kappa shape index (κ2) is 9.32. The molecule has 2 aromatic rings. The minimum atomic E-state index is -3.72. The minimum absolute atomic E-state index is 0.0390. The molecule has 1 saturated heterocycles. The van der Waals surface area contributed by atoms with Crippen LogP contribution in [-0.2, 0) is 27.8 Å². The molecule has 0 radical (unpaired) electrons. The van der Waals surface area contributed by atoms with E-state index in [1.165, 1.54) is 56.2 Å². The van der Waals surface area contributed by atoms with Gasteiger partial charge in [0.05, 0.1) is 17.6 Å². The zero-order valence-corrected chi connectivity index (χ0v) is 16.9. The highest BCUT2D eigenvalue weighted by Gasteiger charge is 2.16. The maximum atomic E-state index is 12.5. The predicted molar refractivity (Wildman–Crippen MR) is 107 cm³/mol. The van der Waals surface area contributed by atoms with Crippen molar-refractivity contribution in [2.24, 2.45) is 0 Å². The maximum Gasteiger partial charge on any atom is 0.337 e. The van der Waals surface area contributed by atoms with Gasteiger partial charge in [0.2, 0.25) is 10.0 Å². The Labute approximate surface area is 166 Å². The molecule has 28 heavy (non-hydrogen) atoms. The van der Waals surface area contributed by atoms with Crippen molar-refractivity contribution in [2.45, 2.75) is 37.2 Å². The van der Waals surface area contributed by atoms with Gasteiger partial charge in [-0.25, -0.2) is 17.9 Å². The molecule has 0 spiro atoms. The molecule has 1 N–H and O–H groups in total. The molecule has 3 rings (SSSR count). The largest absolute Gasteiger partial charge is 0.465 e. The van der Waals surface area contributed by atoms with Gasteiger partial charge >= 0.3 is 5.97 Å². The van der Waals surface area contributed by atoms with Crippen molar-refractivity contribution in [2.75, 3.05) is 20.2 Å². The van der Waals surface area contributed by atoms with Crippen molar-refractivity contribution >= 4 is 16.0 Å². The molecular weight excluding hydrogens is 376 g/mol. The molecule has 7 heteroatoms. The average Bonchev–Trinajstić information content (AvgIpc) is 2.73. The number of nitrogens with zero attached hydrogens (tertiary/aromatic N) is 1. The topological polar surface area (TPSA) is 75.7 Å². The summed E-state index contributed by atoms with van der Waals surface area (Å²) < 4.78 is 32.3. The smallest absolute Gasteiger partial charge is 0.337 e. The van der Waals surface area contributed by atoms with E-state index in [4.69, 9.17) is 0 Å². The van der Waals surface area contributed by atoms with Crippen molar-refractivity contribution in [1.29, 1.82) is 0 Å². The second-order valence-corrected chi connectivity index (χ2v) is 8.76. The zero-order chi connectivity index (χ0) is 20.0. The fourth-order valence-corrected chi connectivity index (χ4v) is 4.37. The predicted octanol–water partition coefficient (Wildman–Crippen LogP) is 2.94. The lowest BCUT2D eigenvalue weighted by atomic mass is 10.1. The van der Waals surface area contributed by atoms with Gasteiger partial charge in [0, 0.05) is 13.1 Å². The highest BCUT2D eigenvalue weighted by Crippen LogP contribution is 2.15. The van der Waals surface area contributed by atoms with Gasteiger partial charge in [0.15, 0.2) is 0 Å². The number of likely N-dealkylation sites (tertiary alicyclic amines) is 1. The Morgan fingerprint density at radius 3 is 2.39 bits per heavy atom.